The van der Waals surface area contributed by atoms with Crippen molar-refractivity contribution in [2.45, 2.75) is 13.5 Å². The van der Waals surface area contributed by atoms with E-state index in [-0.39, 0.29) is 12.1 Å². The van der Waals surface area contributed by atoms with Gasteiger partial charge < -0.3 is 19.5 Å². The minimum atomic E-state index is -0.999. The minimum absolute atomic E-state index is 0.223. The molecule has 0 spiro atoms. The smallest absolute Gasteiger partial charge is 0.257 e. The van der Waals surface area contributed by atoms with Gasteiger partial charge in [0.25, 0.3) is 5.91 Å². The van der Waals surface area contributed by atoms with Gasteiger partial charge in [-0.05, 0) is 33.2 Å². The third-order valence-corrected chi connectivity index (χ3v) is 3.86. The van der Waals surface area contributed by atoms with Gasteiger partial charge in [-0.2, -0.15) is 0 Å². The first-order valence-electron chi connectivity index (χ1n) is 7.80. The molecule has 0 fully saturated rings. The molecule has 0 aliphatic rings. The molecule has 0 aliphatic carbocycles. The SMILES string of the molecule is COc1c(F)ccc(C(=O)N(CCN(C)C)Cc2nc[nH]c2C)c1F. The Balaban J connectivity index is 2.33. The average Bonchev–Trinajstić information content (AvgIpc) is 2.96. The van der Waals surface area contributed by atoms with Crippen LogP contribution in [-0.2, 0) is 6.54 Å². The van der Waals surface area contributed by atoms with Crippen LogP contribution >= 0.6 is 0 Å². The Morgan fingerprint density at radius 3 is 2.56 bits per heavy atom. The molecule has 0 aliphatic heterocycles. The van der Waals surface area contributed by atoms with Gasteiger partial charge in [0.1, 0.15) is 0 Å². The Hall–Kier alpha value is -2.48. The molecule has 2 rings (SSSR count). The summed E-state index contributed by atoms with van der Waals surface area (Å²) in [6.07, 6.45) is 1.54. The molecule has 25 heavy (non-hydrogen) atoms. The molecule has 1 aromatic heterocycles. The number of aromatic amines is 1. The lowest BCUT2D eigenvalue weighted by Gasteiger charge is -2.24. The number of hydrogen-bond donors (Lipinski definition) is 1. The number of carbonyl (C=O) groups is 1. The molecule has 0 unspecified atom stereocenters. The summed E-state index contributed by atoms with van der Waals surface area (Å²) < 4.78 is 32.8. The minimum Gasteiger partial charge on any atom is -0.491 e. The standard InChI is InChI=1S/C17H22F2N4O2/c1-11-14(21-10-20-11)9-23(8-7-22(2)3)17(24)12-5-6-13(18)16(25-4)15(12)19/h5-6,10H,7-9H2,1-4H3,(H,20,21). The van der Waals surface area contributed by atoms with E-state index in [4.69, 9.17) is 4.74 Å². The molecule has 2 aromatic rings. The van der Waals surface area contributed by atoms with E-state index in [2.05, 4.69) is 9.97 Å². The van der Waals surface area contributed by atoms with Crippen LogP contribution in [0.15, 0.2) is 18.5 Å². The molecule has 1 heterocycles. The second kappa shape index (κ2) is 8.06. The fraction of sp³-hybridized carbons (Fsp3) is 0.412. The van der Waals surface area contributed by atoms with E-state index >= 15 is 0 Å². The fourth-order valence-electron chi connectivity index (χ4n) is 2.36. The zero-order chi connectivity index (χ0) is 18.6. The van der Waals surface area contributed by atoms with Crippen molar-refractivity contribution in [2.24, 2.45) is 0 Å². The highest BCUT2D eigenvalue weighted by Crippen LogP contribution is 2.25. The number of aryl methyl sites for hydroxylation is 1. The Bertz CT molecular complexity index is 746. The highest BCUT2D eigenvalue weighted by atomic mass is 19.1. The van der Waals surface area contributed by atoms with Crippen LogP contribution in [0.3, 0.4) is 0 Å². The summed E-state index contributed by atoms with van der Waals surface area (Å²) in [6.45, 7) is 3.03. The first-order chi connectivity index (χ1) is 11.8. The predicted molar refractivity (Wildman–Crippen MR) is 89.5 cm³/mol. The summed E-state index contributed by atoms with van der Waals surface area (Å²) in [5.74, 6) is -2.95. The van der Waals surface area contributed by atoms with Gasteiger partial charge in [-0.15, -0.1) is 0 Å². The lowest BCUT2D eigenvalue weighted by Crippen LogP contribution is -2.37. The number of benzene rings is 1. The maximum atomic E-state index is 14.5. The van der Waals surface area contributed by atoms with E-state index in [0.717, 1.165) is 24.9 Å². The summed E-state index contributed by atoms with van der Waals surface area (Å²) in [7, 11) is 4.92. The molecule has 1 aromatic carbocycles. The monoisotopic (exact) mass is 352 g/mol. The molecular weight excluding hydrogens is 330 g/mol. The van der Waals surface area contributed by atoms with E-state index in [1.165, 1.54) is 4.90 Å². The maximum Gasteiger partial charge on any atom is 0.257 e. The van der Waals surface area contributed by atoms with Gasteiger partial charge in [0, 0.05) is 18.8 Å². The Morgan fingerprint density at radius 2 is 2.00 bits per heavy atom. The van der Waals surface area contributed by atoms with Crippen molar-refractivity contribution < 1.29 is 18.3 Å². The number of halogens is 2. The number of nitrogens with zero attached hydrogens (tertiary/aromatic N) is 3. The number of ether oxygens (including phenoxy) is 1. The van der Waals surface area contributed by atoms with Crippen LogP contribution in [0.5, 0.6) is 5.75 Å². The van der Waals surface area contributed by atoms with E-state index in [0.29, 0.717) is 18.8 Å². The largest absolute Gasteiger partial charge is 0.491 e. The van der Waals surface area contributed by atoms with Crippen LogP contribution in [0.25, 0.3) is 0 Å². The second-order valence-corrected chi connectivity index (χ2v) is 5.95. The van der Waals surface area contributed by atoms with Crippen LogP contribution in [-0.4, -0.2) is 60.0 Å². The highest BCUT2D eigenvalue weighted by Gasteiger charge is 2.24. The van der Waals surface area contributed by atoms with Crippen molar-refractivity contribution in [1.82, 2.24) is 19.8 Å². The van der Waals surface area contributed by atoms with Crippen LogP contribution in [0, 0.1) is 18.6 Å². The summed E-state index contributed by atoms with van der Waals surface area (Å²) in [5, 5.41) is 0. The van der Waals surface area contributed by atoms with Crippen LogP contribution in [0.2, 0.25) is 0 Å². The van der Waals surface area contributed by atoms with Crippen LogP contribution in [0.1, 0.15) is 21.7 Å². The maximum absolute atomic E-state index is 14.5. The summed E-state index contributed by atoms with van der Waals surface area (Å²) in [5.41, 5.74) is 1.30. The molecule has 0 radical (unpaired) electrons. The van der Waals surface area contributed by atoms with E-state index in [1.54, 1.807) is 6.33 Å². The fourth-order valence-corrected chi connectivity index (χ4v) is 2.36. The summed E-state index contributed by atoms with van der Waals surface area (Å²) in [6, 6.07) is 2.16. The predicted octanol–water partition coefficient (Wildman–Crippen LogP) is 2.21. The van der Waals surface area contributed by atoms with E-state index in [1.807, 2.05) is 25.9 Å². The van der Waals surface area contributed by atoms with Crippen LogP contribution < -0.4 is 4.74 Å². The van der Waals surface area contributed by atoms with Gasteiger partial charge in [-0.3, -0.25) is 4.79 Å². The van der Waals surface area contributed by atoms with Gasteiger partial charge in [0.2, 0.25) is 0 Å². The molecule has 0 bridgehead atoms. The molecular formula is C17H22F2N4O2. The van der Waals surface area contributed by atoms with Crippen molar-refractivity contribution in [2.75, 3.05) is 34.3 Å². The van der Waals surface area contributed by atoms with Crippen LogP contribution in [0.4, 0.5) is 8.78 Å². The molecule has 1 amide bonds. The number of nitrogens with one attached hydrogen (secondary N) is 1. The molecule has 1 N–H and O–H groups in total. The van der Waals surface area contributed by atoms with Gasteiger partial charge >= 0.3 is 0 Å². The van der Waals surface area contributed by atoms with Gasteiger partial charge in [0.05, 0.1) is 31.2 Å². The lowest BCUT2D eigenvalue weighted by molar-refractivity contribution is 0.0724. The molecule has 0 atom stereocenters. The summed E-state index contributed by atoms with van der Waals surface area (Å²) in [4.78, 5) is 23.4. The first-order valence-corrected chi connectivity index (χ1v) is 7.80. The zero-order valence-corrected chi connectivity index (χ0v) is 14.8. The quantitative estimate of drug-likeness (QED) is 0.830. The number of imidazole rings is 1. The van der Waals surface area contributed by atoms with Crippen molar-refractivity contribution in [3.63, 3.8) is 0 Å². The molecule has 136 valence electrons. The number of hydrogen-bond acceptors (Lipinski definition) is 4. The van der Waals surface area contributed by atoms with Gasteiger partial charge in [-0.25, -0.2) is 13.8 Å². The van der Waals surface area contributed by atoms with Gasteiger partial charge in [-0.1, -0.05) is 0 Å². The molecule has 8 heteroatoms. The molecule has 0 saturated carbocycles. The number of methoxy groups -OCH3 is 1. The van der Waals surface area contributed by atoms with Crippen molar-refractivity contribution in [3.05, 3.63) is 47.0 Å². The number of amides is 1. The second-order valence-electron chi connectivity index (χ2n) is 5.95. The number of rotatable bonds is 7. The molecule has 6 nitrogen and oxygen atoms in total. The summed E-state index contributed by atoms with van der Waals surface area (Å²) >= 11 is 0. The Labute approximate surface area is 145 Å². The molecule has 0 saturated heterocycles. The average molecular weight is 352 g/mol. The lowest BCUT2D eigenvalue weighted by atomic mass is 10.1. The highest BCUT2D eigenvalue weighted by molar-refractivity contribution is 5.95. The first kappa shape index (κ1) is 18.9. The van der Waals surface area contributed by atoms with E-state index in [9.17, 15) is 13.6 Å². The van der Waals surface area contributed by atoms with Gasteiger partial charge in [0.15, 0.2) is 17.4 Å². The Kier molecular flexibility index (Phi) is 6.08. The zero-order valence-electron chi connectivity index (χ0n) is 14.8. The number of aromatic nitrogens is 2. The third-order valence-electron chi connectivity index (χ3n) is 3.86. The topological polar surface area (TPSA) is 61.5 Å². The number of carbonyl (C=O) groups excluding carboxylic acids is 1. The third kappa shape index (κ3) is 4.33. The van der Waals surface area contributed by atoms with E-state index < -0.39 is 23.3 Å². The van der Waals surface area contributed by atoms with Crippen molar-refractivity contribution in [3.8, 4) is 5.75 Å². The van der Waals surface area contributed by atoms with Crippen molar-refractivity contribution >= 4 is 5.91 Å². The Morgan fingerprint density at radius 1 is 1.28 bits per heavy atom. The normalized spacial score (nSPS) is 11.0. The number of H-pyrrole nitrogens is 1. The van der Waals surface area contributed by atoms with Crippen molar-refractivity contribution in [1.29, 1.82) is 0 Å². The number of likely N-dealkylation sites (N-methyl/N-ethyl adjacent to an activating group) is 1.